The molecule has 0 atom stereocenters. The number of nitrogens with zero attached hydrogens (tertiary/aromatic N) is 3. The number of hydrogen-bond acceptors (Lipinski definition) is 4. The molecule has 2 aromatic heterocycles. The highest BCUT2D eigenvalue weighted by Gasteiger charge is 2.06. The zero-order valence-electron chi connectivity index (χ0n) is 8.38. The summed E-state index contributed by atoms with van der Waals surface area (Å²) in [4.78, 5) is 8.08. The third-order valence-electron chi connectivity index (χ3n) is 2.45. The second-order valence-corrected chi connectivity index (χ2v) is 3.46. The lowest BCUT2D eigenvalue weighted by atomic mass is 10.1. The molecule has 1 aromatic carbocycles. The van der Waals surface area contributed by atoms with Crippen LogP contribution >= 0.6 is 0 Å². The lowest BCUT2D eigenvalue weighted by Gasteiger charge is -2.02. The Kier molecular flexibility index (Phi) is 1.83. The predicted octanol–water partition coefficient (Wildman–Crippen LogP) is 1.60. The van der Waals surface area contributed by atoms with Gasteiger partial charge in [-0.05, 0) is 6.07 Å². The number of nitrogens with two attached hydrogens (primary N) is 1. The van der Waals surface area contributed by atoms with Crippen molar-refractivity contribution in [2.75, 3.05) is 5.73 Å². The van der Waals surface area contributed by atoms with E-state index in [2.05, 4.69) is 20.2 Å². The van der Waals surface area contributed by atoms with Gasteiger partial charge in [-0.3, -0.25) is 5.10 Å². The lowest BCUT2D eigenvalue weighted by Crippen LogP contribution is -1.92. The molecule has 0 bridgehead atoms. The summed E-state index contributed by atoms with van der Waals surface area (Å²) in [7, 11) is 0. The molecule has 5 heteroatoms. The second kappa shape index (κ2) is 3.30. The normalized spacial score (nSPS) is 10.8. The van der Waals surface area contributed by atoms with Gasteiger partial charge in [-0.1, -0.05) is 12.1 Å². The van der Waals surface area contributed by atoms with E-state index in [1.54, 1.807) is 12.3 Å². The molecule has 3 aromatic rings. The van der Waals surface area contributed by atoms with Crippen LogP contribution in [0.1, 0.15) is 0 Å². The van der Waals surface area contributed by atoms with E-state index in [1.165, 1.54) is 6.33 Å². The van der Waals surface area contributed by atoms with Crippen molar-refractivity contribution >= 4 is 16.7 Å². The molecule has 0 saturated heterocycles. The Bertz CT molecular complexity index is 643. The second-order valence-electron chi connectivity index (χ2n) is 3.46. The van der Waals surface area contributed by atoms with Crippen molar-refractivity contribution < 1.29 is 0 Å². The highest BCUT2D eigenvalue weighted by Crippen LogP contribution is 2.25. The number of H-pyrrole nitrogens is 1. The quantitative estimate of drug-likeness (QED) is 0.640. The predicted molar refractivity (Wildman–Crippen MR) is 61.5 cm³/mol. The molecule has 3 rings (SSSR count). The summed E-state index contributed by atoms with van der Waals surface area (Å²) in [5.74, 6) is 0.463. The minimum atomic E-state index is 0.463. The van der Waals surface area contributed by atoms with Crippen LogP contribution in [0.4, 0.5) is 5.82 Å². The first-order valence-electron chi connectivity index (χ1n) is 4.84. The van der Waals surface area contributed by atoms with Gasteiger partial charge in [0.1, 0.15) is 12.1 Å². The number of hydrogen-bond donors (Lipinski definition) is 2. The van der Waals surface area contributed by atoms with E-state index in [9.17, 15) is 0 Å². The summed E-state index contributed by atoms with van der Waals surface area (Å²) < 4.78 is 0. The van der Waals surface area contributed by atoms with Crippen LogP contribution in [0.5, 0.6) is 0 Å². The van der Waals surface area contributed by atoms with Crippen molar-refractivity contribution in [1.29, 1.82) is 0 Å². The fraction of sp³-hybridized carbons (Fsp3) is 0. The van der Waals surface area contributed by atoms with E-state index in [4.69, 9.17) is 5.73 Å². The van der Waals surface area contributed by atoms with E-state index >= 15 is 0 Å². The number of aromatic amines is 1. The Labute approximate surface area is 91.3 Å². The van der Waals surface area contributed by atoms with Gasteiger partial charge in [0.15, 0.2) is 0 Å². The van der Waals surface area contributed by atoms with Gasteiger partial charge in [-0.2, -0.15) is 5.10 Å². The molecule has 0 radical (unpaired) electrons. The van der Waals surface area contributed by atoms with Crippen molar-refractivity contribution in [2.24, 2.45) is 0 Å². The molecule has 0 aliphatic heterocycles. The van der Waals surface area contributed by atoms with Gasteiger partial charge in [-0.15, -0.1) is 0 Å². The smallest absolute Gasteiger partial charge is 0.127 e. The van der Waals surface area contributed by atoms with Crippen LogP contribution in [0.15, 0.2) is 36.8 Å². The standard InChI is InChI=1S/C11H9N5/c12-11-4-10(13-6-14-11)7-2-1-3-9-8(7)5-15-16-9/h1-6H,(H,15,16)(H2,12,13,14). The topological polar surface area (TPSA) is 80.5 Å². The Morgan fingerprint density at radius 1 is 1.19 bits per heavy atom. The molecule has 2 heterocycles. The van der Waals surface area contributed by atoms with E-state index in [1.807, 2.05) is 18.2 Å². The maximum atomic E-state index is 5.64. The largest absolute Gasteiger partial charge is 0.384 e. The maximum Gasteiger partial charge on any atom is 0.127 e. The summed E-state index contributed by atoms with van der Waals surface area (Å²) in [6, 6.07) is 7.66. The van der Waals surface area contributed by atoms with Gasteiger partial charge in [0, 0.05) is 17.0 Å². The van der Waals surface area contributed by atoms with Crippen molar-refractivity contribution in [1.82, 2.24) is 20.2 Å². The van der Waals surface area contributed by atoms with Crippen molar-refractivity contribution in [3.05, 3.63) is 36.8 Å². The third kappa shape index (κ3) is 1.30. The molecule has 0 fully saturated rings. The number of nitrogen functional groups attached to an aromatic ring is 1. The zero-order chi connectivity index (χ0) is 11.0. The van der Waals surface area contributed by atoms with E-state index in [0.717, 1.165) is 22.2 Å². The Balaban J connectivity index is 2.29. The first-order valence-corrected chi connectivity index (χ1v) is 4.84. The van der Waals surface area contributed by atoms with Crippen LogP contribution in [0.2, 0.25) is 0 Å². The SMILES string of the molecule is Nc1cc(-c2cccc3[nH]ncc23)ncn1. The molecule has 16 heavy (non-hydrogen) atoms. The maximum absolute atomic E-state index is 5.64. The van der Waals surface area contributed by atoms with Gasteiger partial charge in [-0.25, -0.2) is 9.97 Å². The monoisotopic (exact) mass is 211 g/mol. The van der Waals surface area contributed by atoms with Crippen LogP contribution in [0.3, 0.4) is 0 Å². The molecule has 0 saturated carbocycles. The van der Waals surface area contributed by atoms with Crippen LogP contribution < -0.4 is 5.73 Å². The average molecular weight is 211 g/mol. The van der Waals surface area contributed by atoms with E-state index < -0.39 is 0 Å². The first kappa shape index (κ1) is 8.84. The van der Waals surface area contributed by atoms with E-state index in [-0.39, 0.29) is 0 Å². The third-order valence-corrected chi connectivity index (χ3v) is 2.45. The fourth-order valence-corrected chi connectivity index (χ4v) is 1.71. The number of rotatable bonds is 1. The Morgan fingerprint density at radius 3 is 3.00 bits per heavy atom. The van der Waals surface area contributed by atoms with Crippen LogP contribution in [-0.2, 0) is 0 Å². The van der Waals surface area contributed by atoms with Gasteiger partial charge in [0.25, 0.3) is 0 Å². The molecule has 78 valence electrons. The molecule has 5 nitrogen and oxygen atoms in total. The summed E-state index contributed by atoms with van der Waals surface area (Å²) >= 11 is 0. The summed E-state index contributed by atoms with van der Waals surface area (Å²) in [5, 5.41) is 7.96. The van der Waals surface area contributed by atoms with Gasteiger partial charge < -0.3 is 5.73 Å². The number of fused-ring (bicyclic) bond motifs is 1. The molecule has 0 aliphatic carbocycles. The van der Waals surface area contributed by atoms with Crippen LogP contribution in [0, 0.1) is 0 Å². The summed E-state index contributed by atoms with van der Waals surface area (Å²) in [6.07, 6.45) is 3.24. The highest BCUT2D eigenvalue weighted by atomic mass is 15.1. The molecular formula is C11H9N5. The Morgan fingerprint density at radius 2 is 2.12 bits per heavy atom. The fourth-order valence-electron chi connectivity index (χ4n) is 1.71. The zero-order valence-corrected chi connectivity index (χ0v) is 8.38. The minimum Gasteiger partial charge on any atom is -0.384 e. The summed E-state index contributed by atoms with van der Waals surface area (Å²) in [5.41, 5.74) is 8.43. The lowest BCUT2D eigenvalue weighted by molar-refractivity contribution is 1.12. The average Bonchev–Trinajstić information content (AvgIpc) is 2.76. The van der Waals surface area contributed by atoms with Gasteiger partial charge >= 0.3 is 0 Å². The molecule has 3 N–H and O–H groups in total. The van der Waals surface area contributed by atoms with Gasteiger partial charge in [0.05, 0.1) is 17.4 Å². The highest BCUT2D eigenvalue weighted by molar-refractivity contribution is 5.93. The number of benzene rings is 1. The van der Waals surface area contributed by atoms with Crippen LogP contribution in [-0.4, -0.2) is 20.2 Å². The molecule has 0 spiro atoms. The van der Waals surface area contributed by atoms with Crippen molar-refractivity contribution in [3.63, 3.8) is 0 Å². The molecule has 0 unspecified atom stereocenters. The van der Waals surface area contributed by atoms with E-state index in [0.29, 0.717) is 5.82 Å². The number of nitrogens with one attached hydrogen (secondary N) is 1. The summed E-state index contributed by atoms with van der Waals surface area (Å²) in [6.45, 7) is 0. The number of anilines is 1. The molecular weight excluding hydrogens is 202 g/mol. The van der Waals surface area contributed by atoms with Crippen molar-refractivity contribution in [3.8, 4) is 11.3 Å². The van der Waals surface area contributed by atoms with Gasteiger partial charge in [0.2, 0.25) is 0 Å². The minimum absolute atomic E-state index is 0.463. The van der Waals surface area contributed by atoms with Crippen molar-refractivity contribution in [2.45, 2.75) is 0 Å². The van der Waals surface area contributed by atoms with Crippen LogP contribution in [0.25, 0.3) is 22.2 Å². The molecule has 0 amide bonds. The number of aromatic nitrogens is 4. The molecule has 0 aliphatic rings. The first-order chi connectivity index (χ1) is 7.84. The Hall–Kier alpha value is -2.43.